The van der Waals surface area contributed by atoms with E-state index in [4.69, 9.17) is 0 Å². The Balaban J connectivity index is 1.46. The summed E-state index contributed by atoms with van der Waals surface area (Å²) in [6.45, 7) is 3.80. The number of alkyl halides is 2. The van der Waals surface area contributed by atoms with Crippen molar-refractivity contribution in [1.29, 1.82) is 0 Å². The van der Waals surface area contributed by atoms with Crippen molar-refractivity contribution >= 4 is 22.5 Å². The van der Waals surface area contributed by atoms with Crippen LogP contribution in [0.1, 0.15) is 35.6 Å². The number of hydrogen-bond acceptors (Lipinski definition) is 3. The normalized spacial score (nSPS) is 15.2. The highest BCUT2D eigenvalue weighted by Gasteiger charge is 2.25. The first-order chi connectivity index (χ1) is 16.8. The minimum Gasteiger partial charge on any atom is -0.354 e. The molecule has 0 spiro atoms. The van der Waals surface area contributed by atoms with Gasteiger partial charge in [-0.05, 0) is 75.2 Å². The lowest BCUT2D eigenvalue weighted by atomic mass is 9.88. The summed E-state index contributed by atoms with van der Waals surface area (Å²) >= 11 is 0. The summed E-state index contributed by atoms with van der Waals surface area (Å²) in [6.07, 6.45) is 2.88. The van der Waals surface area contributed by atoms with Crippen molar-refractivity contribution in [3.05, 3.63) is 59.5 Å². The Labute approximate surface area is 203 Å². The Morgan fingerprint density at radius 2 is 1.94 bits per heavy atom. The number of pyridine rings is 1. The molecule has 5 rings (SSSR count). The van der Waals surface area contributed by atoms with Crippen LogP contribution in [0, 0.1) is 6.92 Å². The second kappa shape index (κ2) is 9.41. The number of aromatic amines is 1. The van der Waals surface area contributed by atoms with Crippen LogP contribution in [0.2, 0.25) is 0 Å². The van der Waals surface area contributed by atoms with E-state index in [0.717, 1.165) is 65.0 Å². The van der Waals surface area contributed by atoms with Crippen molar-refractivity contribution in [3.8, 4) is 11.3 Å². The van der Waals surface area contributed by atoms with Crippen LogP contribution in [0.25, 0.3) is 27.8 Å². The zero-order valence-corrected chi connectivity index (χ0v) is 20.4. The van der Waals surface area contributed by atoms with Crippen LogP contribution in [-0.4, -0.2) is 70.2 Å². The molecule has 1 fully saturated rings. The molecule has 8 heteroatoms. The van der Waals surface area contributed by atoms with Gasteiger partial charge in [0.2, 0.25) is 12.3 Å². The maximum Gasteiger partial charge on any atom is 0.242 e. The van der Waals surface area contributed by atoms with E-state index in [1.165, 1.54) is 0 Å². The molecule has 1 aromatic carbocycles. The number of nitrogens with one attached hydrogen (secondary N) is 1. The van der Waals surface area contributed by atoms with Gasteiger partial charge in [-0.3, -0.25) is 4.79 Å². The summed E-state index contributed by atoms with van der Waals surface area (Å²) in [6, 6.07) is 10.0. The van der Waals surface area contributed by atoms with Gasteiger partial charge in [0.15, 0.2) is 0 Å². The number of likely N-dealkylation sites (N-methyl/N-ethyl adjacent to an activating group) is 1. The van der Waals surface area contributed by atoms with Crippen LogP contribution >= 0.6 is 0 Å². The standard InChI is InChI=1S/C27H31F2N5O/c1-17-14-34-15-20(5-7-25(34)30-17)27-22(13-24(28)29)21-12-19(4-6-23(21)31-27)18-8-10-33(11-9-18)26(35)16-32(2)3/h4-7,12,14-15,18,24,31H,8-11,13,16H2,1-3H3. The fraction of sp³-hybridized carbons (Fsp3) is 0.407. The summed E-state index contributed by atoms with van der Waals surface area (Å²) in [5.41, 5.74) is 5.98. The highest BCUT2D eigenvalue weighted by molar-refractivity contribution is 5.91. The molecule has 0 bridgehead atoms. The number of carbonyl (C=O) groups is 1. The summed E-state index contributed by atoms with van der Waals surface area (Å²) in [4.78, 5) is 24.1. The summed E-state index contributed by atoms with van der Waals surface area (Å²) < 4.78 is 29.3. The molecular weight excluding hydrogens is 448 g/mol. The van der Waals surface area contributed by atoms with Crippen molar-refractivity contribution in [2.45, 2.75) is 38.5 Å². The number of halogens is 2. The molecule has 3 aromatic heterocycles. The minimum absolute atomic E-state index is 0.156. The van der Waals surface area contributed by atoms with E-state index in [1.807, 2.05) is 65.8 Å². The molecule has 0 atom stereocenters. The van der Waals surface area contributed by atoms with Gasteiger partial charge in [0.05, 0.1) is 17.9 Å². The van der Waals surface area contributed by atoms with E-state index >= 15 is 0 Å². The molecule has 1 N–H and O–H groups in total. The van der Waals surface area contributed by atoms with Crippen LogP contribution in [0.3, 0.4) is 0 Å². The van der Waals surface area contributed by atoms with Gasteiger partial charge in [0, 0.05) is 48.4 Å². The van der Waals surface area contributed by atoms with Crippen molar-refractivity contribution < 1.29 is 13.6 Å². The first-order valence-electron chi connectivity index (χ1n) is 12.1. The number of hydrogen-bond donors (Lipinski definition) is 1. The smallest absolute Gasteiger partial charge is 0.242 e. The largest absolute Gasteiger partial charge is 0.354 e. The molecule has 1 saturated heterocycles. The first kappa shape index (κ1) is 23.5. The number of rotatable bonds is 6. The van der Waals surface area contributed by atoms with Crippen LogP contribution in [0.4, 0.5) is 8.78 Å². The van der Waals surface area contributed by atoms with Crippen LogP contribution in [-0.2, 0) is 11.2 Å². The number of amides is 1. The third kappa shape index (κ3) is 4.80. The second-order valence-electron chi connectivity index (χ2n) is 9.84. The van der Waals surface area contributed by atoms with E-state index in [0.29, 0.717) is 18.0 Å². The third-order valence-corrected chi connectivity index (χ3v) is 6.92. The number of aromatic nitrogens is 3. The average molecular weight is 480 g/mol. The number of aryl methyl sites for hydroxylation is 1. The molecule has 0 radical (unpaired) electrons. The topological polar surface area (TPSA) is 56.6 Å². The monoisotopic (exact) mass is 479 g/mol. The molecule has 4 aromatic rings. The zero-order valence-electron chi connectivity index (χ0n) is 20.4. The highest BCUT2D eigenvalue weighted by atomic mass is 19.3. The van der Waals surface area contributed by atoms with E-state index in [2.05, 4.69) is 22.1 Å². The van der Waals surface area contributed by atoms with Gasteiger partial charge in [-0.2, -0.15) is 0 Å². The molecule has 6 nitrogen and oxygen atoms in total. The second-order valence-corrected chi connectivity index (χ2v) is 9.84. The Bertz CT molecular complexity index is 1360. The number of imidazole rings is 1. The molecule has 4 heterocycles. The summed E-state index contributed by atoms with van der Waals surface area (Å²) in [7, 11) is 3.80. The number of fused-ring (bicyclic) bond motifs is 2. The molecule has 0 saturated carbocycles. The lowest BCUT2D eigenvalue weighted by Crippen LogP contribution is -2.42. The van der Waals surface area contributed by atoms with Crippen molar-refractivity contribution in [2.24, 2.45) is 0 Å². The van der Waals surface area contributed by atoms with Gasteiger partial charge in [0.1, 0.15) is 5.65 Å². The van der Waals surface area contributed by atoms with Crippen LogP contribution < -0.4 is 0 Å². The van der Waals surface area contributed by atoms with Crippen molar-refractivity contribution in [1.82, 2.24) is 24.2 Å². The number of piperidine rings is 1. The maximum absolute atomic E-state index is 13.7. The molecule has 1 aliphatic heterocycles. The molecular formula is C27H31F2N5O. The number of nitrogens with zero attached hydrogens (tertiary/aromatic N) is 4. The molecule has 0 unspecified atom stereocenters. The van der Waals surface area contributed by atoms with E-state index in [-0.39, 0.29) is 12.3 Å². The fourth-order valence-electron chi connectivity index (χ4n) is 5.23. The predicted molar refractivity (Wildman–Crippen MR) is 134 cm³/mol. The predicted octanol–water partition coefficient (Wildman–Crippen LogP) is 4.87. The molecule has 184 valence electrons. The fourth-order valence-corrected chi connectivity index (χ4v) is 5.23. The Hall–Kier alpha value is -3.26. The van der Waals surface area contributed by atoms with Gasteiger partial charge >= 0.3 is 0 Å². The van der Waals surface area contributed by atoms with E-state index in [1.54, 1.807) is 0 Å². The van der Waals surface area contributed by atoms with Gasteiger partial charge in [-0.15, -0.1) is 0 Å². The number of benzene rings is 1. The van der Waals surface area contributed by atoms with E-state index in [9.17, 15) is 13.6 Å². The minimum atomic E-state index is -2.44. The Kier molecular flexibility index (Phi) is 6.32. The molecule has 0 aliphatic carbocycles. The highest BCUT2D eigenvalue weighted by Crippen LogP contribution is 2.36. The average Bonchev–Trinajstić information content (AvgIpc) is 3.36. The number of carbonyl (C=O) groups excluding carboxylic acids is 1. The number of likely N-dealkylation sites (tertiary alicyclic amines) is 1. The summed E-state index contributed by atoms with van der Waals surface area (Å²) in [5, 5.41) is 0.853. The maximum atomic E-state index is 13.7. The quantitative estimate of drug-likeness (QED) is 0.430. The van der Waals surface area contributed by atoms with Gasteiger partial charge in [-0.1, -0.05) is 6.07 Å². The Morgan fingerprint density at radius 1 is 1.17 bits per heavy atom. The molecule has 1 aliphatic rings. The number of H-pyrrole nitrogens is 1. The first-order valence-corrected chi connectivity index (χ1v) is 12.1. The van der Waals surface area contributed by atoms with Crippen LogP contribution in [0.15, 0.2) is 42.7 Å². The van der Waals surface area contributed by atoms with Crippen molar-refractivity contribution in [2.75, 3.05) is 33.7 Å². The van der Waals surface area contributed by atoms with Crippen LogP contribution in [0.5, 0.6) is 0 Å². The van der Waals surface area contributed by atoms with E-state index < -0.39 is 6.43 Å². The molecule has 35 heavy (non-hydrogen) atoms. The Morgan fingerprint density at radius 3 is 2.66 bits per heavy atom. The van der Waals surface area contributed by atoms with Gasteiger partial charge < -0.3 is 19.2 Å². The lowest BCUT2D eigenvalue weighted by molar-refractivity contribution is -0.132. The van der Waals surface area contributed by atoms with Crippen molar-refractivity contribution in [3.63, 3.8) is 0 Å². The summed E-state index contributed by atoms with van der Waals surface area (Å²) in [5.74, 6) is 0.467. The molecule has 1 amide bonds. The van der Waals surface area contributed by atoms with Gasteiger partial charge in [0.25, 0.3) is 0 Å². The third-order valence-electron chi connectivity index (χ3n) is 6.92. The zero-order chi connectivity index (χ0) is 24.7. The SMILES string of the molecule is Cc1cn2cc(-c3[nH]c4ccc(C5CCN(C(=O)CN(C)C)CC5)cc4c3CC(F)F)ccc2n1. The lowest BCUT2D eigenvalue weighted by Gasteiger charge is -2.33. The van der Waals surface area contributed by atoms with Gasteiger partial charge in [-0.25, -0.2) is 13.8 Å².